The van der Waals surface area contributed by atoms with E-state index in [-0.39, 0.29) is 41.1 Å². The summed E-state index contributed by atoms with van der Waals surface area (Å²) >= 11 is 5.79. The fourth-order valence-corrected chi connectivity index (χ4v) is 3.07. The van der Waals surface area contributed by atoms with Crippen molar-refractivity contribution >= 4 is 35.3 Å². The van der Waals surface area contributed by atoms with E-state index in [0.717, 1.165) is 0 Å². The van der Waals surface area contributed by atoms with Crippen molar-refractivity contribution in [1.82, 2.24) is 25.8 Å². The number of aromatic nitrogens is 3. The molecular formula is C22H23ClF2N6O5. The number of oxazole rings is 1. The van der Waals surface area contributed by atoms with Gasteiger partial charge in [0.1, 0.15) is 17.2 Å². The molecule has 2 heterocycles. The molecule has 0 fully saturated rings. The van der Waals surface area contributed by atoms with Crippen molar-refractivity contribution in [1.29, 1.82) is 0 Å². The molecule has 36 heavy (non-hydrogen) atoms. The van der Waals surface area contributed by atoms with Crippen molar-refractivity contribution in [2.45, 2.75) is 46.4 Å². The van der Waals surface area contributed by atoms with Gasteiger partial charge in [0.25, 0.3) is 11.8 Å². The van der Waals surface area contributed by atoms with Crippen LogP contribution in [-0.4, -0.2) is 38.7 Å². The highest BCUT2D eigenvalue weighted by atomic mass is 35.5. The monoisotopic (exact) mass is 524 g/mol. The number of carbonyl (C=O) groups is 3. The van der Waals surface area contributed by atoms with Gasteiger partial charge in [-0.1, -0.05) is 11.6 Å². The van der Waals surface area contributed by atoms with Crippen LogP contribution in [-0.2, 0) is 17.8 Å². The Morgan fingerprint density at radius 2 is 1.78 bits per heavy atom. The number of nitrogens with one attached hydrogen (secondary N) is 4. The van der Waals surface area contributed by atoms with Crippen molar-refractivity contribution in [2.75, 3.05) is 5.32 Å². The van der Waals surface area contributed by atoms with Gasteiger partial charge in [0.15, 0.2) is 17.3 Å². The number of rotatable bonds is 7. The van der Waals surface area contributed by atoms with Gasteiger partial charge in [-0.2, -0.15) is 5.10 Å². The van der Waals surface area contributed by atoms with E-state index in [4.69, 9.17) is 20.8 Å². The van der Waals surface area contributed by atoms with Crippen LogP contribution in [0.5, 0.6) is 0 Å². The van der Waals surface area contributed by atoms with E-state index in [1.165, 1.54) is 6.07 Å². The standard InChI is InChI=1S/C22H23ClF2N6O5/c1-10-16(35-18(28-10)9-27-21(34)36-22(2,3)4)8-26-20(33)15-7-17(31-30-15)29-19(32)11-5-13(24)14(25)6-12(11)23/h5-7H,8-9H2,1-4H3,(H,26,33)(H,27,34)(H2,29,30,31,32). The number of hydrogen-bond acceptors (Lipinski definition) is 7. The lowest BCUT2D eigenvalue weighted by Gasteiger charge is -2.19. The number of aryl methyl sites for hydroxylation is 1. The van der Waals surface area contributed by atoms with E-state index in [9.17, 15) is 23.2 Å². The summed E-state index contributed by atoms with van der Waals surface area (Å²) in [6.45, 7) is 6.86. The lowest BCUT2D eigenvalue weighted by atomic mass is 10.2. The third kappa shape index (κ3) is 7.01. The summed E-state index contributed by atoms with van der Waals surface area (Å²) in [6, 6.07) is 2.58. The predicted octanol–water partition coefficient (Wildman–Crippen LogP) is 3.84. The Bertz CT molecular complexity index is 1300. The van der Waals surface area contributed by atoms with Crippen LogP contribution in [0, 0.1) is 18.6 Å². The maximum atomic E-state index is 13.4. The molecule has 0 aliphatic rings. The van der Waals surface area contributed by atoms with Gasteiger partial charge in [0.2, 0.25) is 5.89 Å². The number of amides is 3. The van der Waals surface area contributed by atoms with Crippen molar-refractivity contribution in [2.24, 2.45) is 0 Å². The molecule has 4 N–H and O–H groups in total. The zero-order valence-electron chi connectivity index (χ0n) is 19.7. The third-order valence-corrected chi connectivity index (χ3v) is 4.76. The smallest absolute Gasteiger partial charge is 0.408 e. The molecule has 1 aromatic carbocycles. The van der Waals surface area contributed by atoms with Gasteiger partial charge in [0, 0.05) is 6.07 Å². The fraction of sp³-hybridized carbons (Fsp3) is 0.318. The Morgan fingerprint density at radius 1 is 1.08 bits per heavy atom. The van der Waals surface area contributed by atoms with Gasteiger partial charge in [-0.15, -0.1) is 0 Å². The lowest BCUT2D eigenvalue weighted by Crippen LogP contribution is -2.32. The van der Waals surface area contributed by atoms with Crippen LogP contribution in [0.1, 0.15) is 59.0 Å². The quantitative estimate of drug-likeness (QED) is 0.343. The Kier molecular flexibility index (Phi) is 7.93. The molecule has 0 radical (unpaired) electrons. The summed E-state index contributed by atoms with van der Waals surface area (Å²) in [5.74, 6) is -3.24. The minimum Gasteiger partial charge on any atom is -0.444 e. The molecule has 0 saturated heterocycles. The molecule has 14 heteroatoms. The Hall–Kier alpha value is -4.00. The average molecular weight is 525 g/mol. The molecule has 0 saturated carbocycles. The highest BCUT2D eigenvalue weighted by Crippen LogP contribution is 2.21. The summed E-state index contributed by atoms with van der Waals surface area (Å²) in [6.07, 6.45) is -0.624. The molecular weight excluding hydrogens is 502 g/mol. The normalized spacial score (nSPS) is 11.2. The minimum absolute atomic E-state index is 0.00586. The number of anilines is 1. The van der Waals surface area contributed by atoms with Crippen LogP contribution < -0.4 is 16.0 Å². The fourth-order valence-electron chi connectivity index (χ4n) is 2.83. The highest BCUT2D eigenvalue weighted by molar-refractivity contribution is 6.34. The van der Waals surface area contributed by atoms with Crippen LogP contribution in [0.15, 0.2) is 22.6 Å². The Labute approximate surface area is 208 Å². The first-order chi connectivity index (χ1) is 16.8. The number of aromatic amines is 1. The second-order valence-corrected chi connectivity index (χ2v) is 8.93. The zero-order chi connectivity index (χ0) is 26.6. The minimum atomic E-state index is -1.24. The van der Waals surface area contributed by atoms with E-state index in [1.807, 2.05) is 0 Å². The van der Waals surface area contributed by atoms with E-state index in [1.54, 1.807) is 27.7 Å². The molecule has 3 rings (SSSR count). The second-order valence-electron chi connectivity index (χ2n) is 8.52. The zero-order valence-corrected chi connectivity index (χ0v) is 20.5. The van der Waals surface area contributed by atoms with Crippen molar-refractivity contribution in [3.8, 4) is 0 Å². The summed E-state index contributed by atoms with van der Waals surface area (Å²) in [5, 5.41) is 13.5. The number of nitrogens with zero attached hydrogens (tertiary/aromatic N) is 2. The van der Waals surface area contributed by atoms with Crippen LogP contribution in [0.4, 0.5) is 19.4 Å². The number of ether oxygens (including phenoxy) is 1. The SMILES string of the molecule is Cc1nc(CNC(=O)OC(C)(C)C)oc1CNC(=O)c1cc(NC(=O)c2cc(F)c(F)cc2Cl)[nH]n1. The van der Waals surface area contributed by atoms with Crippen molar-refractivity contribution in [3.63, 3.8) is 0 Å². The van der Waals surface area contributed by atoms with E-state index in [2.05, 4.69) is 31.1 Å². The largest absolute Gasteiger partial charge is 0.444 e. The molecule has 192 valence electrons. The van der Waals surface area contributed by atoms with Crippen molar-refractivity contribution in [3.05, 3.63) is 63.5 Å². The average Bonchev–Trinajstić information content (AvgIpc) is 3.38. The first-order valence-corrected chi connectivity index (χ1v) is 10.9. The number of H-pyrrole nitrogens is 1. The predicted molar refractivity (Wildman–Crippen MR) is 123 cm³/mol. The number of hydrogen-bond donors (Lipinski definition) is 4. The summed E-state index contributed by atoms with van der Waals surface area (Å²) < 4.78 is 37.3. The van der Waals surface area contributed by atoms with Crippen LogP contribution in [0.2, 0.25) is 5.02 Å². The molecule has 11 nitrogen and oxygen atoms in total. The molecule has 0 atom stereocenters. The molecule has 0 aliphatic heterocycles. The number of carbonyl (C=O) groups excluding carboxylic acids is 3. The summed E-state index contributed by atoms with van der Waals surface area (Å²) in [7, 11) is 0. The van der Waals surface area contributed by atoms with E-state index >= 15 is 0 Å². The van der Waals surface area contributed by atoms with Gasteiger partial charge in [-0.05, 0) is 39.8 Å². The maximum Gasteiger partial charge on any atom is 0.408 e. The van der Waals surface area contributed by atoms with Crippen LogP contribution in [0.25, 0.3) is 0 Å². The molecule has 0 bridgehead atoms. The van der Waals surface area contributed by atoms with E-state index < -0.39 is 35.1 Å². The molecule has 0 unspecified atom stereocenters. The number of alkyl carbamates (subject to hydrolysis) is 1. The van der Waals surface area contributed by atoms with Crippen molar-refractivity contribution < 1.29 is 32.3 Å². The Balaban J connectivity index is 1.55. The topological polar surface area (TPSA) is 151 Å². The summed E-state index contributed by atoms with van der Waals surface area (Å²) in [4.78, 5) is 40.7. The first kappa shape index (κ1) is 26.6. The Morgan fingerprint density at radius 3 is 2.47 bits per heavy atom. The van der Waals surface area contributed by atoms with Gasteiger partial charge in [0.05, 0.1) is 29.4 Å². The molecule has 0 spiro atoms. The van der Waals surface area contributed by atoms with Crippen LogP contribution >= 0.6 is 11.6 Å². The first-order valence-electron chi connectivity index (χ1n) is 10.5. The van der Waals surface area contributed by atoms with Gasteiger partial charge in [-0.25, -0.2) is 18.6 Å². The van der Waals surface area contributed by atoms with Gasteiger partial charge < -0.3 is 25.1 Å². The lowest BCUT2D eigenvalue weighted by molar-refractivity contribution is 0.0518. The van der Waals surface area contributed by atoms with Crippen LogP contribution in [0.3, 0.4) is 0 Å². The second kappa shape index (κ2) is 10.7. The number of halogens is 3. The van der Waals surface area contributed by atoms with Gasteiger partial charge in [-0.3, -0.25) is 14.7 Å². The summed E-state index contributed by atoms with van der Waals surface area (Å²) in [5.41, 5.74) is -0.498. The molecule has 3 amide bonds. The molecule has 3 aromatic rings. The van der Waals surface area contributed by atoms with E-state index in [0.29, 0.717) is 23.6 Å². The highest BCUT2D eigenvalue weighted by Gasteiger charge is 2.19. The molecule has 2 aromatic heterocycles. The van der Waals surface area contributed by atoms with Gasteiger partial charge >= 0.3 is 6.09 Å². The maximum absolute atomic E-state index is 13.4. The number of benzene rings is 1. The third-order valence-electron chi connectivity index (χ3n) is 4.44. The molecule has 0 aliphatic carbocycles.